The van der Waals surface area contributed by atoms with Crippen molar-refractivity contribution in [3.05, 3.63) is 119 Å². The van der Waals surface area contributed by atoms with Gasteiger partial charge in [-0.2, -0.15) is 13.2 Å². The molecule has 0 saturated carbocycles. The second kappa shape index (κ2) is 9.09. The molecule has 1 aliphatic heterocycles. The molecule has 0 saturated heterocycles. The van der Waals surface area contributed by atoms with Crippen LogP contribution < -0.4 is 10.0 Å². The minimum absolute atomic E-state index is 0.126. The number of primary sulfonamides is 1. The summed E-state index contributed by atoms with van der Waals surface area (Å²) in [4.78, 5) is 14.9. The molecule has 0 spiro atoms. The predicted molar refractivity (Wildman–Crippen MR) is 135 cm³/mol. The fourth-order valence-electron chi connectivity index (χ4n) is 4.59. The van der Waals surface area contributed by atoms with Crippen LogP contribution in [0.5, 0.6) is 0 Å². The number of benzene rings is 4. The van der Waals surface area contributed by atoms with E-state index in [1.807, 2.05) is 0 Å². The van der Waals surface area contributed by atoms with Crippen LogP contribution in [0.4, 0.5) is 18.9 Å². The maximum Gasteiger partial charge on any atom is 0.416 e. The van der Waals surface area contributed by atoms with Crippen molar-refractivity contribution in [1.29, 1.82) is 0 Å². The van der Waals surface area contributed by atoms with Gasteiger partial charge < -0.3 is 10.0 Å². The maximum atomic E-state index is 13.6. The van der Waals surface area contributed by atoms with Crippen LogP contribution >= 0.6 is 0 Å². The molecule has 4 aromatic carbocycles. The average Bonchev–Trinajstić information content (AvgIpc) is 3.11. The van der Waals surface area contributed by atoms with Crippen LogP contribution in [0.1, 0.15) is 22.3 Å². The lowest BCUT2D eigenvalue weighted by molar-refractivity contribution is -0.137. The van der Waals surface area contributed by atoms with Crippen LogP contribution in [-0.4, -0.2) is 19.4 Å². The number of alkyl halides is 3. The third-order valence-electron chi connectivity index (χ3n) is 6.58. The van der Waals surface area contributed by atoms with Crippen LogP contribution in [0.2, 0.25) is 0 Å². The fourth-order valence-corrected chi connectivity index (χ4v) is 5.11. The zero-order chi connectivity index (χ0) is 27.3. The van der Waals surface area contributed by atoms with Gasteiger partial charge in [-0.25, -0.2) is 13.6 Å². The zero-order valence-corrected chi connectivity index (χ0v) is 20.5. The first kappa shape index (κ1) is 25.7. The number of carbonyl (C=O) groups is 1. The van der Waals surface area contributed by atoms with E-state index in [1.165, 1.54) is 41.3 Å². The summed E-state index contributed by atoms with van der Waals surface area (Å²) in [5.41, 5.74) is 0.354. The van der Waals surface area contributed by atoms with Gasteiger partial charge in [-0.3, -0.25) is 4.79 Å². The largest absolute Gasteiger partial charge is 0.416 e. The summed E-state index contributed by atoms with van der Waals surface area (Å²) in [7, 11) is -3.95. The first-order valence-corrected chi connectivity index (χ1v) is 13.0. The van der Waals surface area contributed by atoms with Gasteiger partial charge in [0.25, 0.3) is 5.91 Å². The highest BCUT2D eigenvalue weighted by molar-refractivity contribution is 7.89. The third kappa shape index (κ3) is 4.47. The Labute approximate surface area is 216 Å². The van der Waals surface area contributed by atoms with E-state index in [9.17, 15) is 31.5 Å². The van der Waals surface area contributed by atoms with Crippen molar-refractivity contribution in [2.45, 2.75) is 23.2 Å². The molecule has 38 heavy (non-hydrogen) atoms. The normalized spacial score (nSPS) is 17.5. The van der Waals surface area contributed by atoms with Crippen molar-refractivity contribution in [2.75, 3.05) is 4.90 Å². The van der Waals surface area contributed by atoms with Gasteiger partial charge in [-0.05, 0) is 52.6 Å². The number of anilines is 1. The smallest absolute Gasteiger partial charge is 0.372 e. The second-order valence-corrected chi connectivity index (χ2v) is 10.5. The molecule has 3 N–H and O–H groups in total. The number of carbonyl (C=O) groups excluding carboxylic acids is 1. The number of hydrogen-bond acceptors (Lipinski definition) is 4. The molecule has 0 radical (unpaired) electrons. The Morgan fingerprint density at radius 2 is 1.37 bits per heavy atom. The minimum atomic E-state index is -4.41. The van der Waals surface area contributed by atoms with E-state index in [1.54, 1.807) is 48.5 Å². The molecular formula is C28H21F3N2O4S. The summed E-state index contributed by atoms with van der Waals surface area (Å²) < 4.78 is 61.8. The van der Waals surface area contributed by atoms with E-state index in [0.717, 1.165) is 17.7 Å². The third-order valence-corrected chi connectivity index (χ3v) is 7.51. The summed E-state index contributed by atoms with van der Waals surface area (Å²) >= 11 is 0. The van der Waals surface area contributed by atoms with Gasteiger partial charge in [0.05, 0.1) is 22.7 Å². The van der Waals surface area contributed by atoms with Crippen LogP contribution in [0, 0.1) is 0 Å². The summed E-state index contributed by atoms with van der Waals surface area (Å²) in [6, 6.07) is 23.9. The Hall–Kier alpha value is -3.99. The molecule has 10 heteroatoms. The Kier molecular flexibility index (Phi) is 6.13. The number of sulfonamides is 1. The molecule has 1 unspecified atom stereocenters. The Balaban J connectivity index is 1.43. The van der Waals surface area contributed by atoms with Crippen molar-refractivity contribution in [3.8, 4) is 11.1 Å². The number of rotatable bonds is 5. The lowest BCUT2D eigenvalue weighted by atomic mass is 9.87. The first-order chi connectivity index (χ1) is 17.9. The standard InChI is InChI=1S/C28H21F3N2O4S/c29-28(30,31)22-11-9-20(10-12-22)19-7-5-18(6-8-19)17-33-25-4-2-1-3-24(25)27(35,26(33)34)21-13-15-23(16-14-21)38(32,36)37/h1-16,35H,17H2,(H2,32,36,37). The molecule has 1 heterocycles. The topological polar surface area (TPSA) is 101 Å². The van der Waals surface area contributed by atoms with Gasteiger partial charge in [-0.1, -0.05) is 66.7 Å². The number of amides is 1. The van der Waals surface area contributed by atoms with Crippen molar-refractivity contribution >= 4 is 21.6 Å². The van der Waals surface area contributed by atoms with Crippen LogP contribution in [0.15, 0.2) is 102 Å². The molecule has 6 nitrogen and oxygen atoms in total. The van der Waals surface area contributed by atoms with Crippen LogP contribution in [0.25, 0.3) is 11.1 Å². The van der Waals surface area contributed by atoms with Crippen molar-refractivity contribution in [3.63, 3.8) is 0 Å². The van der Waals surface area contributed by atoms with Crippen molar-refractivity contribution in [1.82, 2.24) is 0 Å². The van der Waals surface area contributed by atoms with Crippen molar-refractivity contribution < 1.29 is 31.5 Å². The Bertz CT molecular complexity index is 1620. The van der Waals surface area contributed by atoms with E-state index >= 15 is 0 Å². The van der Waals surface area contributed by atoms with Gasteiger partial charge in [0.1, 0.15) is 0 Å². The Morgan fingerprint density at radius 1 is 0.816 bits per heavy atom. The number of para-hydroxylation sites is 1. The molecule has 0 fully saturated rings. The number of nitrogens with zero attached hydrogens (tertiary/aromatic N) is 1. The maximum absolute atomic E-state index is 13.6. The van der Waals surface area contributed by atoms with Crippen molar-refractivity contribution in [2.24, 2.45) is 5.14 Å². The van der Waals surface area contributed by atoms with Crippen LogP contribution in [-0.2, 0) is 33.1 Å². The zero-order valence-electron chi connectivity index (χ0n) is 19.7. The van der Waals surface area contributed by atoms with Gasteiger partial charge in [-0.15, -0.1) is 0 Å². The first-order valence-electron chi connectivity index (χ1n) is 11.4. The predicted octanol–water partition coefficient (Wildman–Crippen LogP) is 4.80. The molecule has 0 aromatic heterocycles. The number of nitrogens with two attached hydrogens (primary N) is 1. The SMILES string of the molecule is NS(=O)(=O)c1ccc(C2(O)C(=O)N(Cc3ccc(-c4ccc(C(F)(F)F)cc4)cc3)c3ccccc32)cc1. The van der Waals surface area contributed by atoms with E-state index < -0.39 is 33.3 Å². The summed E-state index contributed by atoms with van der Waals surface area (Å²) in [6.07, 6.45) is -4.41. The molecule has 5 rings (SSSR count). The van der Waals surface area contributed by atoms with E-state index in [2.05, 4.69) is 0 Å². The van der Waals surface area contributed by atoms with Gasteiger partial charge in [0.15, 0.2) is 5.60 Å². The Morgan fingerprint density at radius 3 is 1.92 bits per heavy atom. The van der Waals surface area contributed by atoms with Gasteiger partial charge in [0.2, 0.25) is 10.0 Å². The minimum Gasteiger partial charge on any atom is -0.372 e. The number of halogens is 3. The molecule has 194 valence electrons. The molecule has 1 amide bonds. The highest BCUT2D eigenvalue weighted by Gasteiger charge is 2.50. The lowest BCUT2D eigenvalue weighted by Crippen LogP contribution is -2.40. The van der Waals surface area contributed by atoms with Crippen LogP contribution in [0.3, 0.4) is 0 Å². The summed E-state index contributed by atoms with van der Waals surface area (Å²) in [5, 5.41) is 16.8. The average molecular weight is 539 g/mol. The van der Waals surface area contributed by atoms with Gasteiger partial charge >= 0.3 is 6.18 Å². The number of fused-ring (bicyclic) bond motifs is 1. The summed E-state index contributed by atoms with van der Waals surface area (Å²) in [5.74, 6) is -0.603. The second-order valence-electron chi connectivity index (χ2n) is 8.96. The quantitative estimate of drug-likeness (QED) is 0.381. The number of hydrogen-bond donors (Lipinski definition) is 2. The monoisotopic (exact) mass is 538 g/mol. The molecule has 4 aromatic rings. The lowest BCUT2D eigenvalue weighted by Gasteiger charge is -2.24. The number of aliphatic hydroxyl groups is 1. The van der Waals surface area contributed by atoms with Gasteiger partial charge in [0, 0.05) is 5.56 Å². The molecule has 0 aliphatic carbocycles. The van der Waals surface area contributed by atoms with E-state index in [4.69, 9.17) is 5.14 Å². The summed E-state index contributed by atoms with van der Waals surface area (Å²) in [6.45, 7) is 0.126. The molecular weight excluding hydrogens is 517 g/mol. The van der Waals surface area contributed by atoms with E-state index in [-0.39, 0.29) is 17.0 Å². The molecule has 1 aliphatic rings. The highest BCUT2D eigenvalue weighted by atomic mass is 32.2. The van der Waals surface area contributed by atoms with E-state index in [0.29, 0.717) is 22.4 Å². The highest BCUT2D eigenvalue weighted by Crippen LogP contribution is 2.45. The molecule has 1 atom stereocenters. The fraction of sp³-hybridized carbons (Fsp3) is 0.107. The molecule has 0 bridgehead atoms.